The Balaban J connectivity index is 1.36. The molecule has 0 saturated carbocycles. The minimum atomic E-state index is -0.406. The predicted octanol–water partition coefficient (Wildman–Crippen LogP) is 1.96. The standard InChI is InChI=1S/C16H23N5O2S/c1-16(22-10-11-23-16)13-4-7-20(8-5-13)15-17-18-19-21(15)9-6-14-3-2-12-24-14/h2-3,12-13H,4-11H2,1H3. The van der Waals surface area contributed by atoms with Crippen LogP contribution in [-0.4, -0.2) is 52.3 Å². The van der Waals surface area contributed by atoms with Crippen molar-refractivity contribution >= 4 is 17.3 Å². The van der Waals surface area contributed by atoms with Crippen LogP contribution in [0.4, 0.5) is 5.95 Å². The highest BCUT2D eigenvalue weighted by atomic mass is 32.1. The summed E-state index contributed by atoms with van der Waals surface area (Å²) in [6.45, 7) is 6.17. The van der Waals surface area contributed by atoms with Gasteiger partial charge in [-0.25, -0.2) is 4.68 Å². The molecule has 0 atom stereocenters. The van der Waals surface area contributed by atoms with Crippen LogP contribution < -0.4 is 4.90 Å². The van der Waals surface area contributed by atoms with E-state index >= 15 is 0 Å². The quantitative estimate of drug-likeness (QED) is 0.822. The lowest BCUT2D eigenvalue weighted by Gasteiger charge is -2.39. The van der Waals surface area contributed by atoms with Crippen LogP contribution in [0.2, 0.25) is 0 Å². The second kappa shape index (κ2) is 6.78. The van der Waals surface area contributed by atoms with Crippen molar-refractivity contribution in [2.75, 3.05) is 31.2 Å². The minimum absolute atomic E-state index is 0.406. The Bertz CT molecular complexity index is 645. The van der Waals surface area contributed by atoms with Crippen LogP contribution >= 0.6 is 11.3 Å². The van der Waals surface area contributed by atoms with E-state index in [2.05, 4.69) is 44.9 Å². The Kier molecular flexibility index (Phi) is 4.51. The lowest BCUT2D eigenvalue weighted by molar-refractivity contribution is -0.185. The Labute approximate surface area is 145 Å². The zero-order valence-corrected chi connectivity index (χ0v) is 14.7. The van der Waals surface area contributed by atoms with E-state index in [1.807, 2.05) is 4.68 Å². The molecule has 2 saturated heterocycles. The molecule has 24 heavy (non-hydrogen) atoms. The molecule has 2 fully saturated rings. The Morgan fingerprint density at radius 3 is 2.79 bits per heavy atom. The van der Waals surface area contributed by atoms with Gasteiger partial charge in [0.25, 0.3) is 0 Å². The van der Waals surface area contributed by atoms with Gasteiger partial charge in [-0.2, -0.15) is 0 Å². The first-order chi connectivity index (χ1) is 11.7. The summed E-state index contributed by atoms with van der Waals surface area (Å²) in [5.74, 6) is 0.909. The van der Waals surface area contributed by atoms with Gasteiger partial charge in [-0.1, -0.05) is 11.2 Å². The zero-order chi connectivity index (χ0) is 16.4. The summed E-state index contributed by atoms with van der Waals surface area (Å²) in [4.78, 5) is 3.64. The molecule has 130 valence electrons. The van der Waals surface area contributed by atoms with Gasteiger partial charge in [-0.05, 0) is 41.6 Å². The van der Waals surface area contributed by atoms with Gasteiger partial charge < -0.3 is 14.4 Å². The van der Waals surface area contributed by atoms with Crippen LogP contribution in [-0.2, 0) is 22.4 Å². The van der Waals surface area contributed by atoms with Gasteiger partial charge in [0.2, 0.25) is 5.95 Å². The molecule has 0 bridgehead atoms. The monoisotopic (exact) mass is 349 g/mol. The molecule has 0 amide bonds. The summed E-state index contributed by atoms with van der Waals surface area (Å²) in [5.41, 5.74) is 0. The van der Waals surface area contributed by atoms with Crippen LogP contribution in [0.3, 0.4) is 0 Å². The van der Waals surface area contributed by atoms with E-state index in [-0.39, 0.29) is 0 Å². The van der Waals surface area contributed by atoms with Crippen molar-refractivity contribution < 1.29 is 9.47 Å². The molecule has 4 heterocycles. The van der Waals surface area contributed by atoms with Gasteiger partial charge >= 0.3 is 0 Å². The first kappa shape index (κ1) is 16.0. The van der Waals surface area contributed by atoms with Gasteiger partial charge in [0.1, 0.15) is 0 Å². The average molecular weight is 349 g/mol. The number of aryl methyl sites for hydroxylation is 2. The van der Waals surface area contributed by atoms with Crippen LogP contribution in [0.25, 0.3) is 0 Å². The van der Waals surface area contributed by atoms with Crippen molar-refractivity contribution in [1.82, 2.24) is 20.2 Å². The fourth-order valence-electron chi connectivity index (χ4n) is 3.61. The summed E-state index contributed by atoms with van der Waals surface area (Å²) < 4.78 is 13.6. The van der Waals surface area contributed by atoms with E-state index in [1.54, 1.807) is 11.3 Å². The number of hydrogen-bond acceptors (Lipinski definition) is 7. The van der Waals surface area contributed by atoms with Crippen LogP contribution in [0, 0.1) is 5.92 Å². The molecule has 0 unspecified atom stereocenters. The first-order valence-electron chi connectivity index (χ1n) is 8.56. The molecule has 0 radical (unpaired) electrons. The van der Waals surface area contributed by atoms with Gasteiger partial charge in [-0.15, -0.1) is 11.3 Å². The third-order valence-electron chi connectivity index (χ3n) is 5.04. The molecule has 2 aliphatic heterocycles. The smallest absolute Gasteiger partial charge is 0.245 e. The minimum Gasteiger partial charge on any atom is -0.348 e. The van der Waals surface area contributed by atoms with Crippen molar-refractivity contribution in [2.24, 2.45) is 5.92 Å². The molecule has 0 aliphatic carbocycles. The molecule has 2 aliphatic rings. The van der Waals surface area contributed by atoms with Crippen molar-refractivity contribution in [2.45, 2.75) is 38.5 Å². The van der Waals surface area contributed by atoms with Crippen LogP contribution in [0.1, 0.15) is 24.6 Å². The van der Waals surface area contributed by atoms with E-state index in [4.69, 9.17) is 9.47 Å². The number of ether oxygens (including phenoxy) is 2. The number of thiophene rings is 1. The lowest BCUT2D eigenvalue weighted by Crippen LogP contribution is -2.45. The van der Waals surface area contributed by atoms with Gasteiger partial charge in [0, 0.05) is 30.3 Å². The number of nitrogens with zero attached hydrogens (tertiary/aromatic N) is 5. The highest BCUT2D eigenvalue weighted by Crippen LogP contribution is 2.35. The molecule has 0 N–H and O–H groups in total. The Morgan fingerprint density at radius 2 is 2.08 bits per heavy atom. The van der Waals surface area contributed by atoms with E-state index in [0.717, 1.165) is 44.8 Å². The topological polar surface area (TPSA) is 65.3 Å². The Hall–Kier alpha value is -1.51. The number of rotatable bonds is 5. The molecule has 0 aromatic carbocycles. The average Bonchev–Trinajstić information content (AvgIpc) is 3.35. The van der Waals surface area contributed by atoms with Crippen molar-refractivity contribution in [1.29, 1.82) is 0 Å². The van der Waals surface area contributed by atoms with Crippen molar-refractivity contribution in [3.05, 3.63) is 22.4 Å². The zero-order valence-electron chi connectivity index (χ0n) is 13.9. The molecule has 8 heteroatoms. The lowest BCUT2D eigenvalue weighted by atomic mass is 9.89. The maximum Gasteiger partial charge on any atom is 0.245 e. The largest absolute Gasteiger partial charge is 0.348 e. The molecule has 7 nitrogen and oxygen atoms in total. The second-order valence-corrected chi connectivity index (χ2v) is 7.54. The number of aromatic nitrogens is 4. The number of anilines is 1. The summed E-state index contributed by atoms with van der Waals surface area (Å²) in [6.07, 6.45) is 3.04. The first-order valence-corrected chi connectivity index (χ1v) is 9.44. The SMILES string of the molecule is CC1(C2CCN(c3nnnn3CCc3cccs3)CC2)OCCO1. The summed E-state index contributed by atoms with van der Waals surface area (Å²) >= 11 is 1.78. The van der Waals surface area contributed by atoms with E-state index in [9.17, 15) is 0 Å². The van der Waals surface area contributed by atoms with Gasteiger partial charge in [0.05, 0.1) is 19.8 Å². The van der Waals surface area contributed by atoms with Crippen molar-refractivity contribution in [3.63, 3.8) is 0 Å². The third-order valence-corrected chi connectivity index (χ3v) is 5.98. The maximum absolute atomic E-state index is 5.82. The molecular formula is C16H23N5O2S. The maximum atomic E-state index is 5.82. The van der Waals surface area contributed by atoms with Crippen LogP contribution in [0.5, 0.6) is 0 Å². The number of piperidine rings is 1. The fourth-order valence-corrected chi connectivity index (χ4v) is 4.31. The summed E-state index contributed by atoms with van der Waals surface area (Å²) in [5, 5.41) is 14.4. The fraction of sp³-hybridized carbons (Fsp3) is 0.688. The predicted molar refractivity (Wildman–Crippen MR) is 91.1 cm³/mol. The van der Waals surface area contributed by atoms with Crippen molar-refractivity contribution in [3.8, 4) is 0 Å². The van der Waals surface area contributed by atoms with E-state index < -0.39 is 5.79 Å². The third kappa shape index (κ3) is 3.18. The highest BCUT2D eigenvalue weighted by Gasteiger charge is 2.41. The van der Waals surface area contributed by atoms with E-state index in [0.29, 0.717) is 19.1 Å². The number of tetrazole rings is 1. The number of hydrogen-bond donors (Lipinski definition) is 0. The Morgan fingerprint density at radius 1 is 1.29 bits per heavy atom. The summed E-state index contributed by atoms with van der Waals surface area (Å²) in [6, 6.07) is 4.24. The van der Waals surface area contributed by atoms with Gasteiger partial charge in [0.15, 0.2) is 5.79 Å². The second-order valence-electron chi connectivity index (χ2n) is 6.51. The van der Waals surface area contributed by atoms with E-state index in [1.165, 1.54) is 4.88 Å². The normalized spacial score (nSPS) is 21.5. The van der Waals surface area contributed by atoms with Gasteiger partial charge in [-0.3, -0.25) is 0 Å². The highest BCUT2D eigenvalue weighted by molar-refractivity contribution is 7.09. The molecule has 0 spiro atoms. The molecule has 2 aromatic heterocycles. The molecular weight excluding hydrogens is 326 g/mol. The molecule has 4 rings (SSSR count). The summed E-state index contributed by atoms with van der Waals surface area (Å²) in [7, 11) is 0. The molecule has 2 aromatic rings. The van der Waals surface area contributed by atoms with Crippen LogP contribution in [0.15, 0.2) is 17.5 Å².